The fourth-order valence-corrected chi connectivity index (χ4v) is 5.15. The lowest BCUT2D eigenvalue weighted by atomic mass is 10.0. The molecule has 3 aliphatic heterocycles. The molecule has 1 aromatic carbocycles. The summed E-state index contributed by atoms with van der Waals surface area (Å²) in [4.78, 5) is 35.4. The Balaban J connectivity index is 1.21. The monoisotopic (exact) mass is 447 g/mol. The molecular formula is C25H29N5O3. The van der Waals surface area contributed by atoms with Gasteiger partial charge in [0.05, 0.1) is 19.3 Å². The van der Waals surface area contributed by atoms with Gasteiger partial charge in [-0.15, -0.1) is 0 Å². The van der Waals surface area contributed by atoms with Crippen LogP contribution in [0.4, 0.5) is 11.5 Å². The number of likely N-dealkylation sites (N-methyl/N-ethyl adjacent to an activating group) is 1. The van der Waals surface area contributed by atoms with E-state index in [0.717, 1.165) is 48.7 Å². The van der Waals surface area contributed by atoms with Gasteiger partial charge >= 0.3 is 0 Å². The van der Waals surface area contributed by atoms with Gasteiger partial charge < -0.3 is 19.9 Å². The van der Waals surface area contributed by atoms with Crippen LogP contribution >= 0.6 is 0 Å². The molecule has 2 unspecified atom stereocenters. The Bertz CT molecular complexity index is 1090. The number of fused-ring (bicyclic) bond motifs is 2. The van der Waals surface area contributed by atoms with Crippen LogP contribution in [0.5, 0.6) is 5.75 Å². The van der Waals surface area contributed by atoms with Crippen molar-refractivity contribution in [2.45, 2.75) is 6.54 Å². The van der Waals surface area contributed by atoms with Crippen LogP contribution in [0.1, 0.15) is 11.1 Å². The highest BCUT2D eigenvalue weighted by molar-refractivity contribution is 5.93. The molecule has 33 heavy (non-hydrogen) atoms. The molecule has 1 N–H and O–H groups in total. The Morgan fingerprint density at radius 1 is 1.15 bits per heavy atom. The van der Waals surface area contributed by atoms with Gasteiger partial charge in [-0.2, -0.15) is 0 Å². The van der Waals surface area contributed by atoms with E-state index >= 15 is 0 Å². The molecule has 0 spiro atoms. The number of likely N-dealkylation sites (tertiary alicyclic amines) is 1. The molecule has 2 saturated heterocycles. The molecule has 8 nitrogen and oxygen atoms in total. The largest absolute Gasteiger partial charge is 0.495 e. The molecule has 172 valence electrons. The third kappa shape index (κ3) is 4.43. The molecule has 1 aromatic heterocycles. The van der Waals surface area contributed by atoms with Crippen LogP contribution in [-0.4, -0.2) is 73.5 Å². The van der Waals surface area contributed by atoms with Crippen LogP contribution in [0.15, 0.2) is 42.6 Å². The number of amides is 2. The topological polar surface area (TPSA) is 78.0 Å². The lowest BCUT2D eigenvalue weighted by Crippen LogP contribution is -2.32. The molecule has 2 fully saturated rings. The molecular weight excluding hydrogens is 418 g/mol. The molecule has 2 amide bonds. The summed E-state index contributed by atoms with van der Waals surface area (Å²) in [5.41, 5.74) is 2.93. The lowest BCUT2D eigenvalue weighted by molar-refractivity contribution is -0.125. The number of carbonyl (C=O) groups is 2. The molecule has 3 aliphatic rings. The van der Waals surface area contributed by atoms with Gasteiger partial charge in [-0.25, -0.2) is 4.98 Å². The molecule has 4 heterocycles. The number of rotatable bonds is 4. The highest BCUT2D eigenvalue weighted by Gasteiger charge is 2.41. The zero-order chi connectivity index (χ0) is 22.9. The normalized spacial score (nSPS) is 22.8. The van der Waals surface area contributed by atoms with Crippen molar-refractivity contribution in [1.82, 2.24) is 14.8 Å². The molecule has 2 aromatic rings. The number of benzene rings is 1. The maximum Gasteiger partial charge on any atom is 0.246 e. The number of carbonyl (C=O) groups excluding carboxylic acids is 2. The van der Waals surface area contributed by atoms with Crippen molar-refractivity contribution in [3.05, 3.63) is 53.7 Å². The SMILES string of the molecule is COc1ccccc1N1CC2CN(C(=O)C=Cc3cnc4c(c3)CN(C)CC(=O)N4)CC2C1. The van der Waals surface area contributed by atoms with Gasteiger partial charge in [0.15, 0.2) is 0 Å². The third-order valence-corrected chi connectivity index (χ3v) is 6.74. The van der Waals surface area contributed by atoms with E-state index in [1.165, 1.54) is 0 Å². The van der Waals surface area contributed by atoms with Gasteiger partial charge in [-0.3, -0.25) is 14.5 Å². The second kappa shape index (κ2) is 8.86. The van der Waals surface area contributed by atoms with Crippen molar-refractivity contribution < 1.29 is 14.3 Å². The first-order valence-electron chi connectivity index (χ1n) is 11.3. The zero-order valence-electron chi connectivity index (χ0n) is 19.0. The van der Waals surface area contributed by atoms with Crippen molar-refractivity contribution in [3.8, 4) is 5.75 Å². The van der Waals surface area contributed by atoms with Crippen LogP contribution in [0.3, 0.4) is 0 Å². The standard InChI is InChI=1S/C25H29N5O3/c1-28-11-18-9-17(10-26-25(18)27-23(31)16-28)7-8-24(32)30-14-19-12-29(13-20(19)15-30)21-5-3-4-6-22(21)33-2/h3-10,19-20H,11-16H2,1-2H3,(H,26,27,31). The maximum atomic E-state index is 12.9. The van der Waals surface area contributed by atoms with Gasteiger partial charge in [-0.1, -0.05) is 12.1 Å². The Morgan fingerprint density at radius 2 is 1.91 bits per heavy atom. The maximum absolute atomic E-state index is 12.9. The van der Waals surface area contributed by atoms with Crippen molar-refractivity contribution in [2.24, 2.45) is 11.8 Å². The minimum absolute atomic E-state index is 0.0357. The number of anilines is 2. The van der Waals surface area contributed by atoms with Crippen molar-refractivity contribution in [2.75, 3.05) is 57.1 Å². The number of nitrogens with zero attached hydrogens (tertiary/aromatic N) is 4. The molecule has 8 heteroatoms. The van der Waals surface area contributed by atoms with Crippen LogP contribution in [-0.2, 0) is 16.1 Å². The number of hydrogen-bond acceptors (Lipinski definition) is 6. The highest BCUT2D eigenvalue weighted by atomic mass is 16.5. The summed E-state index contributed by atoms with van der Waals surface area (Å²) >= 11 is 0. The number of hydrogen-bond donors (Lipinski definition) is 1. The van der Waals surface area contributed by atoms with E-state index in [1.54, 1.807) is 19.4 Å². The van der Waals surface area contributed by atoms with Gasteiger partial charge in [0.1, 0.15) is 11.6 Å². The summed E-state index contributed by atoms with van der Waals surface area (Å²) in [5.74, 6) is 2.41. The average molecular weight is 448 g/mol. The minimum Gasteiger partial charge on any atom is -0.495 e. The third-order valence-electron chi connectivity index (χ3n) is 6.74. The number of aromatic nitrogens is 1. The predicted molar refractivity (Wildman–Crippen MR) is 127 cm³/mol. The Kier molecular flexibility index (Phi) is 5.76. The van der Waals surface area contributed by atoms with E-state index < -0.39 is 0 Å². The van der Waals surface area contributed by atoms with Crippen molar-refractivity contribution >= 4 is 29.4 Å². The minimum atomic E-state index is -0.0638. The predicted octanol–water partition coefficient (Wildman–Crippen LogP) is 2.08. The van der Waals surface area contributed by atoms with Gasteiger partial charge in [0.2, 0.25) is 11.8 Å². The van der Waals surface area contributed by atoms with Gasteiger partial charge in [0.25, 0.3) is 0 Å². The van der Waals surface area contributed by atoms with E-state index in [0.29, 0.717) is 30.7 Å². The number of nitrogens with one attached hydrogen (secondary N) is 1. The summed E-state index contributed by atoms with van der Waals surface area (Å²) in [6, 6.07) is 10.1. The quantitative estimate of drug-likeness (QED) is 0.724. The summed E-state index contributed by atoms with van der Waals surface area (Å²) in [5, 5.41) is 2.83. The van der Waals surface area contributed by atoms with Crippen LogP contribution < -0.4 is 15.0 Å². The number of methoxy groups -OCH3 is 1. The lowest BCUT2D eigenvalue weighted by Gasteiger charge is -2.24. The van der Waals surface area contributed by atoms with E-state index in [9.17, 15) is 9.59 Å². The number of para-hydroxylation sites is 2. The van der Waals surface area contributed by atoms with Crippen LogP contribution in [0.2, 0.25) is 0 Å². The molecule has 5 rings (SSSR count). The smallest absolute Gasteiger partial charge is 0.246 e. The Hall–Kier alpha value is -3.39. The van der Waals surface area contributed by atoms with Crippen LogP contribution in [0, 0.1) is 11.8 Å². The van der Waals surface area contributed by atoms with Crippen molar-refractivity contribution in [3.63, 3.8) is 0 Å². The average Bonchev–Trinajstić information content (AvgIpc) is 3.34. The molecule has 0 radical (unpaired) electrons. The first-order chi connectivity index (χ1) is 16.0. The summed E-state index contributed by atoms with van der Waals surface area (Å²) in [6.07, 6.45) is 5.15. The highest BCUT2D eigenvalue weighted by Crippen LogP contribution is 2.37. The molecule has 2 atom stereocenters. The number of ether oxygens (including phenoxy) is 1. The first-order valence-corrected chi connectivity index (χ1v) is 11.3. The fraction of sp³-hybridized carbons (Fsp3) is 0.400. The summed E-state index contributed by atoms with van der Waals surface area (Å²) in [6.45, 7) is 4.40. The number of pyridine rings is 1. The fourth-order valence-electron chi connectivity index (χ4n) is 5.15. The van der Waals surface area contributed by atoms with E-state index in [2.05, 4.69) is 21.3 Å². The zero-order valence-corrected chi connectivity index (χ0v) is 19.0. The Morgan fingerprint density at radius 3 is 2.67 bits per heavy atom. The molecule has 0 aliphatic carbocycles. The van der Waals surface area contributed by atoms with E-state index in [1.807, 2.05) is 47.2 Å². The second-order valence-corrected chi connectivity index (χ2v) is 9.17. The van der Waals surface area contributed by atoms with Gasteiger partial charge in [0, 0.05) is 62.4 Å². The van der Waals surface area contributed by atoms with E-state index in [-0.39, 0.29) is 11.8 Å². The molecule has 0 saturated carbocycles. The second-order valence-electron chi connectivity index (χ2n) is 9.17. The summed E-state index contributed by atoms with van der Waals surface area (Å²) < 4.78 is 5.52. The summed E-state index contributed by atoms with van der Waals surface area (Å²) in [7, 11) is 3.61. The molecule has 0 bridgehead atoms. The van der Waals surface area contributed by atoms with Crippen LogP contribution in [0.25, 0.3) is 6.08 Å². The first kappa shape index (κ1) is 21.5. The van der Waals surface area contributed by atoms with Gasteiger partial charge in [-0.05, 0) is 36.9 Å². The van der Waals surface area contributed by atoms with E-state index in [4.69, 9.17) is 4.74 Å². The van der Waals surface area contributed by atoms with Crippen molar-refractivity contribution in [1.29, 1.82) is 0 Å². The Labute approximate surface area is 193 Å².